The first kappa shape index (κ1) is 24.6. The first-order chi connectivity index (χ1) is 16.4. The van der Waals surface area contributed by atoms with Crippen LogP contribution in [0.15, 0.2) is 18.2 Å². The van der Waals surface area contributed by atoms with Crippen LogP contribution in [-0.4, -0.2) is 66.8 Å². The normalized spacial score (nSPS) is 19.9. The Morgan fingerprint density at radius 1 is 0.824 bits per heavy atom. The molecule has 186 valence electrons. The number of nitrogens with one attached hydrogen (secondary N) is 1. The number of benzene rings is 1. The van der Waals surface area contributed by atoms with E-state index in [9.17, 15) is 14.4 Å². The SMILES string of the molecule is CC(C)C(=O)Nc1ccc(N2CCCN(C(=O)C3CCCC3)CC2)c(C(=O)N2CCCCC2)c1. The molecule has 1 saturated carbocycles. The van der Waals surface area contributed by atoms with Gasteiger partial charge in [0.2, 0.25) is 11.8 Å². The Morgan fingerprint density at radius 2 is 1.53 bits per heavy atom. The van der Waals surface area contributed by atoms with Gasteiger partial charge < -0.3 is 20.0 Å². The standard InChI is InChI=1S/C27H40N4O3/c1-20(2)25(32)28-22-11-12-24(23(19-22)27(34)30-13-6-3-7-14-30)29-15-8-16-31(18-17-29)26(33)21-9-4-5-10-21/h11-12,19-21H,3-10,13-18H2,1-2H3,(H,28,32). The molecule has 7 heteroatoms. The van der Waals surface area contributed by atoms with Crippen LogP contribution in [0.25, 0.3) is 0 Å². The minimum absolute atomic E-state index is 0.0403. The van der Waals surface area contributed by atoms with E-state index in [1.165, 1.54) is 0 Å². The van der Waals surface area contributed by atoms with Gasteiger partial charge in [-0.2, -0.15) is 0 Å². The molecule has 4 rings (SSSR count). The van der Waals surface area contributed by atoms with E-state index < -0.39 is 0 Å². The van der Waals surface area contributed by atoms with Gasteiger partial charge in [0.15, 0.2) is 0 Å². The first-order valence-electron chi connectivity index (χ1n) is 13.2. The first-order valence-corrected chi connectivity index (χ1v) is 13.2. The van der Waals surface area contributed by atoms with Crippen LogP contribution < -0.4 is 10.2 Å². The van der Waals surface area contributed by atoms with Gasteiger partial charge in [0, 0.05) is 62.5 Å². The lowest BCUT2D eigenvalue weighted by Crippen LogP contribution is -2.39. The van der Waals surface area contributed by atoms with Gasteiger partial charge in [-0.05, 0) is 56.7 Å². The quantitative estimate of drug-likeness (QED) is 0.705. The fraction of sp³-hybridized carbons (Fsp3) is 0.667. The third-order valence-electron chi connectivity index (χ3n) is 7.51. The zero-order valence-electron chi connectivity index (χ0n) is 20.9. The molecule has 2 aliphatic heterocycles. The molecule has 1 aromatic rings. The number of hydrogen-bond donors (Lipinski definition) is 1. The molecule has 0 atom stereocenters. The monoisotopic (exact) mass is 468 g/mol. The summed E-state index contributed by atoms with van der Waals surface area (Å²) in [7, 11) is 0. The third-order valence-corrected chi connectivity index (χ3v) is 7.51. The van der Waals surface area contributed by atoms with Gasteiger partial charge in [-0.3, -0.25) is 14.4 Å². The second kappa shape index (κ2) is 11.2. The summed E-state index contributed by atoms with van der Waals surface area (Å²) in [4.78, 5) is 45.1. The highest BCUT2D eigenvalue weighted by molar-refractivity contribution is 6.02. The smallest absolute Gasteiger partial charge is 0.256 e. The molecule has 0 bridgehead atoms. The zero-order valence-corrected chi connectivity index (χ0v) is 20.9. The van der Waals surface area contributed by atoms with E-state index in [4.69, 9.17) is 0 Å². The molecule has 0 aromatic heterocycles. The van der Waals surface area contributed by atoms with Gasteiger partial charge in [0.1, 0.15) is 0 Å². The summed E-state index contributed by atoms with van der Waals surface area (Å²) in [6, 6.07) is 5.72. The van der Waals surface area contributed by atoms with Crippen molar-refractivity contribution in [2.75, 3.05) is 49.5 Å². The van der Waals surface area contributed by atoms with Crippen LogP contribution in [0, 0.1) is 11.8 Å². The Hall–Kier alpha value is -2.57. The van der Waals surface area contributed by atoms with E-state index >= 15 is 0 Å². The summed E-state index contributed by atoms with van der Waals surface area (Å²) in [5.41, 5.74) is 2.22. The maximum Gasteiger partial charge on any atom is 0.256 e. The van der Waals surface area contributed by atoms with Crippen LogP contribution in [-0.2, 0) is 9.59 Å². The lowest BCUT2D eigenvalue weighted by atomic mass is 10.1. The van der Waals surface area contributed by atoms with Crippen molar-refractivity contribution in [2.24, 2.45) is 11.8 Å². The number of amides is 3. The second-order valence-electron chi connectivity index (χ2n) is 10.4. The predicted octanol–water partition coefficient (Wildman–Crippen LogP) is 4.14. The fourth-order valence-electron chi connectivity index (χ4n) is 5.42. The topological polar surface area (TPSA) is 73.0 Å². The second-order valence-corrected chi connectivity index (χ2v) is 10.4. The van der Waals surface area contributed by atoms with E-state index in [1.54, 1.807) is 0 Å². The zero-order chi connectivity index (χ0) is 24.1. The Morgan fingerprint density at radius 3 is 2.24 bits per heavy atom. The average Bonchev–Trinajstić information content (AvgIpc) is 3.28. The highest BCUT2D eigenvalue weighted by Crippen LogP contribution is 2.30. The Bertz CT molecular complexity index is 888. The summed E-state index contributed by atoms with van der Waals surface area (Å²) in [6.07, 6.45) is 8.50. The van der Waals surface area contributed by atoms with Crippen molar-refractivity contribution >= 4 is 29.1 Å². The van der Waals surface area contributed by atoms with Crippen LogP contribution in [0.1, 0.15) is 75.6 Å². The molecule has 7 nitrogen and oxygen atoms in total. The van der Waals surface area contributed by atoms with Crippen molar-refractivity contribution in [1.29, 1.82) is 0 Å². The van der Waals surface area contributed by atoms with E-state index in [0.717, 1.165) is 89.8 Å². The summed E-state index contributed by atoms with van der Waals surface area (Å²) < 4.78 is 0. The van der Waals surface area contributed by atoms with Crippen molar-refractivity contribution in [3.05, 3.63) is 23.8 Å². The van der Waals surface area contributed by atoms with Gasteiger partial charge in [-0.15, -0.1) is 0 Å². The number of likely N-dealkylation sites (tertiary alicyclic amines) is 1. The minimum Gasteiger partial charge on any atom is -0.369 e. The average molecular weight is 469 g/mol. The van der Waals surface area contributed by atoms with Gasteiger partial charge in [-0.1, -0.05) is 26.7 Å². The highest BCUT2D eigenvalue weighted by Gasteiger charge is 2.30. The van der Waals surface area contributed by atoms with Gasteiger partial charge >= 0.3 is 0 Å². The summed E-state index contributed by atoms with van der Waals surface area (Å²) >= 11 is 0. The maximum atomic E-state index is 13.6. The van der Waals surface area contributed by atoms with Gasteiger partial charge in [-0.25, -0.2) is 0 Å². The lowest BCUT2D eigenvalue weighted by Gasteiger charge is -2.31. The van der Waals surface area contributed by atoms with Crippen LogP contribution in [0.5, 0.6) is 0 Å². The minimum atomic E-state index is -0.130. The number of carbonyl (C=O) groups excluding carboxylic acids is 3. The molecule has 1 aromatic carbocycles. The number of anilines is 2. The van der Waals surface area contributed by atoms with E-state index in [2.05, 4.69) is 10.2 Å². The Labute approximate surface area is 203 Å². The maximum absolute atomic E-state index is 13.6. The molecule has 3 fully saturated rings. The number of nitrogens with zero attached hydrogens (tertiary/aromatic N) is 3. The summed E-state index contributed by atoms with van der Waals surface area (Å²) in [5, 5.41) is 2.95. The van der Waals surface area contributed by atoms with Crippen molar-refractivity contribution in [3.63, 3.8) is 0 Å². The van der Waals surface area contributed by atoms with Crippen molar-refractivity contribution < 1.29 is 14.4 Å². The van der Waals surface area contributed by atoms with Gasteiger partial charge in [0.25, 0.3) is 5.91 Å². The largest absolute Gasteiger partial charge is 0.369 e. The highest BCUT2D eigenvalue weighted by atomic mass is 16.2. The fourth-order valence-corrected chi connectivity index (χ4v) is 5.42. The molecule has 0 unspecified atom stereocenters. The predicted molar refractivity (Wildman–Crippen MR) is 135 cm³/mol. The van der Waals surface area contributed by atoms with E-state index in [0.29, 0.717) is 23.7 Å². The van der Waals surface area contributed by atoms with Crippen LogP contribution >= 0.6 is 0 Å². The molecule has 1 aliphatic carbocycles. The molecule has 2 heterocycles. The number of carbonyl (C=O) groups is 3. The van der Waals surface area contributed by atoms with E-state index in [1.807, 2.05) is 41.8 Å². The molecular formula is C27H40N4O3. The molecular weight excluding hydrogens is 428 g/mol. The van der Waals surface area contributed by atoms with Crippen LogP contribution in [0.2, 0.25) is 0 Å². The molecule has 1 N–H and O–H groups in total. The van der Waals surface area contributed by atoms with E-state index in [-0.39, 0.29) is 23.7 Å². The van der Waals surface area contributed by atoms with Gasteiger partial charge in [0.05, 0.1) is 5.56 Å². The molecule has 34 heavy (non-hydrogen) atoms. The summed E-state index contributed by atoms with van der Waals surface area (Å²) in [6.45, 7) is 8.29. The number of rotatable bonds is 5. The Balaban J connectivity index is 1.54. The van der Waals surface area contributed by atoms with Crippen LogP contribution in [0.3, 0.4) is 0 Å². The van der Waals surface area contributed by atoms with Crippen molar-refractivity contribution in [2.45, 2.75) is 65.2 Å². The van der Waals surface area contributed by atoms with Crippen molar-refractivity contribution in [1.82, 2.24) is 9.80 Å². The van der Waals surface area contributed by atoms with Crippen molar-refractivity contribution in [3.8, 4) is 0 Å². The molecule has 3 aliphatic rings. The number of hydrogen-bond acceptors (Lipinski definition) is 4. The number of piperidine rings is 1. The van der Waals surface area contributed by atoms with Crippen LogP contribution in [0.4, 0.5) is 11.4 Å². The molecule has 2 saturated heterocycles. The molecule has 3 amide bonds. The lowest BCUT2D eigenvalue weighted by molar-refractivity contribution is -0.135. The third kappa shape index (κ3) is 5.73. The summed E-state index contributed by atoms with van der Waals surface area (Å²) in [5.74, 6) is 0.371. The Kier molecular flexibility index (Phi) is 8.11. The molecule has 0 spiro atoms. The molecule has 0 radical (unpaired) electrons.